The summed E-state index contributed by atoms with van der Waals surface area (Å²) in [7, 11) is -1.23. The third-order valence-corrected chi connectivity index (χ3v) is 2.79. The molecule has 12 heavy (non-hydrogen) atoms. The molecule has 0 aromatic rings. The molecular formula is C6H11NO4S. The van der Waals surface area contributed by atoms with E-state index in [1.165, 1.54) is 10.6 Å². The third kappa shape index (κ3) is 2.02. The van der Waals surface area contributed by atoms with Gasteiger partial charge in [-0.25, -0.2) is 8.51 Å². The van der Waals surface area contributed by atoms with Gasteiger partial charge in [-0.15, -0.1) is 0 Å². The predicted molar refractivity (Wildman–Crippen MR) is 43.0 cm³/mol. The van der Waals surface area contributed by atoms with Gasteiger partial charge in [-0.3, -0.25) is 4.79 Å². The number of aliphatic carboxylic acids is 1. The quantitative estimate of drug-likeness (QED) is 0.615. The smallest absolute Gasteiger partial charge is 0.324 e. The number of carboxylic acid groups (broad SMARTS) is 1. The molecule has 0 saturated carbocycles. The maximum atomic E-state index is 11.0. The first-order chi connectivity index (χ1) is 5.63. The van der Waals surface area contributed by atoms with Crippen LogP contribution >= 0.6 is 0 Å². The highest BCUT2D eigenvalue weighted by atomic mass is 32.2. The lowest BCUT2D eigenvalue weighted by Crippen LogP contribution is -2.50. The van der Waals surface area contributed by atoms with Crippen molar-refractivity contribution in [2.75, 3.05) is 26.0 Å². The van der Waals surface area contributed by atoms with Crippen LogP contribution in [0.2, 0.25) is 0 Å². The summed E-state index contributed by atoms with van der Waals surface area (Å²) in [6.07, 6.45) is 1.47. The first-order valence-electron chi connectivity index (χ1n) is 3.53. The highest BCUT2D eigenvalue weighted by Crippen LogP contribution is 2.08. The molecule has 0 aromatic heterocycles. The van der Waals surface area contributed by atoms with E-state index in [4.69, 9.17) is 9.84 Å². The maximum absolute atomic E-state index is 11.0. The van der Waals surface area contributed by atoms with Crippen LogP contribution in [0.25, 0.3) is 0 Å². The van der Waals surface area contributed by atoms with Gasteiger partial charge in [0.1, 0.15) is 6.04 Å². The number of rotatable bonds is 2. The molecule has 0 radical (unpaired) electrons. The van der Waals surface area contributed by atoms with E-state index in [0.717, 1.165) is 0 Å². The van der Waals surface area contributed by atoms with Crippen LogP contribution in [0.15, 0.2) is 0 Å². The van der Waals surface area contributed by atoms with Crippen LogP contribution in [-0.4, -0.2) is 51.6 Å². The topological polar surface area (TPSA) is 66.8 Å². The molecule has 1 aliphatic rings. The van der Waals surface area contributed by atoms with Crippen molar-refractivity contribution < 1.29 is 18.8 Å². The summed E-state index contributed by atoms with van der Waals surface area (Å²) in [5.41, 5.74) is 0. The van der Waals surface area contributed by atoms with Gasteiger partial charge in [0.2, 0.25) is 0 Å². The lowest BCUT2D eigenvalue weighted by Gasteiger charge is -2.30. The Kier molecular flexibility index (Phi) is 3.19. The van der Waals surface area contributed by atoms with Crippen LogP contribution < -0.4 is 0 Å². The number of carbonyl (C=O) groups is 1. The Labute approximate surface area is 72.9 Å². The minimum Gasteiger partial charge on any atom is -0.480 e. The molecule has 0 spiro atoms. The van der Waals surface area contributed by atoms with Crippen molar-refractivity contribution in [3.05, 3.63) is 0 Å². The van der Waals surface area contributed by atoms with Gasteiger partial charge in [0.25, 0.3) is 0 Å². The first kappa shape index (κ1) is 9.63. The number of hydrogen-bond donors (Lipinski definition) is 1. The molecule has 1 rings (SSSR count). The fourth-order valence-electron chi connectivity index (χ4n) is 1.09. The normalized spacial score (nSPS) is 28.2. The Morgan fingerprint density at radius 2 is 2.42 bits per heavy atom. The average Bonchev–Trinajstić information content (AvgIpc) is 2.04. The lowest BCUT2D eigenvalue weighted by molar-refractivity contribution is -0.145. The van der Waals surface area contributed by atoms with Gasteiger partial charge in [0.15, 0.2) is 0 Å². The van der Waals surface area contributed by atoms with E-state index >= 15 is 0 Å². The molecule has 1 aliphatic heterocycles. The van der Waals surface area contributed by atoms with Crippen molar-refractivity contribution in [3.63, 3.8) is 0 Å². The van der Waals surface area contributed by atoms with Crippen molar-refractivity contribution in [3.8, 4) is 0 Å². The van der Waals surface area contributed by atoms with Gasteiger partial charge < -0.3 is 9.84 Å². The van der Waals surface area contributed by atoms with Crippen LogP contribution in [0.1, 0.15) is 0 Å². The molecule has 1 heterocycles. The summed E-state index contributed by atoms with van der Waals surface area (Å²) in [4.78, 5) is 10.6. The second-order valence-electron chi connectivity index (χ2n) is 2.49. The Hall–Kier alpha value is -0.460. The number of ether oxygens (including phenoxy) is 1. The zero-order valence-corrected chi connectivity index (χ0v) is 7.54. The Balaban J connectivity index is 2.67. The first-order valence-corrected chi connectivity index (χ1v) is 5.05. The Bertz CT molecular complexity index is 186. The minimum atomic E-state index is -1.23. The number of morpholine rings is 1. The molecule has 0 amide bonds. The van der Waals surface area contributed by atoms with Crippen LogP contribution in [0.3, 0.4) is 0 Å². The summed E-state index contributed by atoms with van der Waals surface area (Å²) in [5.74, 6) is -0.982. The summed E-state index contributed by atoms with van der Waals surface area (Å²) in [5, 5.41) is 8.70. The van der Waals surface area contributed by atoms with Gasteiger partial charge in [-0.1, -0.05) is 0 Å². The largest absolute Gasteiger partial charge is 0.480 e. The summed E-state index contributed by atoms with van der Waals surface area (Å²) in [6, 6.07) is -0.760. The Morgan fingerprint density at radius 3 is 2.83 bits per heavy atom. The second-order valence-corrected chi connectivity index (χ2v) is 3.81. The van der Waals surface area contributed by atoms with Crippen molar-refractivity contribution in [1.82, 2.24) is 4.31 Å². The monoisotopic (exact) mass is 193 g/mol. The van der Waals surface area contributed by atoms with E-state index in [9.17, 15) is 9.00 Å². The molecule has 1 N–H and O–H groups in total. The fraction of sp³-hybridized carbons (Fsp3) is 0.833. The maximum Gasteiger partial charge on any atom is 0.324 e. The summed E-state index contributed by atoms with van der Waals surface area (Å²) < 4.78 is 17.4. The molecule has 5 nitrogen and oxygen atoms in total. The zero-order chi connectivity index (χ0) is 9.14. The minimum absolute atomic E-state index is 0.120. The molecule has 1 fully saturated rings. The van der Waals surface area contributed by atoms with Crippen LogP contribution in [-0.2, 0) is 20.5 Å². The van der Waals surface area contributed by atoms with E-state index < -0.39 is 23.0 Å². The fourth-order valence-corrected chi connectivity index (χ4v) is 1.93. The number of carboxylic acids is 1. The average molecular weight is 193 g/mol. The highest BCUT2D eigenvalue weighted by molar-refractivity contribution is 7.81. The molecular weight excluding hydrogens is 182 g/mol. The van der Waals surface area contributed by atoms with Crippen molar-refractivity contribution in [1.29, 1.82) is 0 Å². The van der Waals surface area contributed by atoms with Gasteiger partial charge in [-0.2, -0.15) is 0 Å². The molecule has 2 atom stereocenters. The van der Waals surface area contributed by atoms with E-state index in [1.54, 1.807) is 0 Å². The van der Waals surface area contributed by atoms with E-state index in [0.29, 0.717) is 13.2 Å². The zero-order valence-electron chi connectivity index (χ0n) is 6.73. The van der Waals surface area contributed by atoms with Crippen molar-refractivity contribution >= 4 is 17.0 Å². The summed E-state index contributed by atoms with van der Waals surface area (Å²) >= 11 is 0. The standard InChI is InChI=1S/C6H11NO4S/c1-12(10)7-2-3-11-4-5(7)6(8)9/h5H,2-4H2,1H3,(H,8,9). The van der Waals surface area contributed by atoms with Crippen LogP contribution in [0.5, 0.6) is 0 Å². The van der Waals surface area contributed by atoms with Crippen LogP contribution in [0, 0.1) is 0 Å². The van der Waals surface area contributed by atoms with Crippen molar-refractivity contribution in [2.45, 2.75) is 6.04 Å². The molecule has 0 aliphatic carbocycles. The molecule has 2 unspecified atom stereocenters. The van der Waals surface area contributed by atoms with E-state index in [1.807, 2.05) is 0 Å². The third-order valence-electron chi connectivity index (χ3n) is 1.69. The highest BCUT2D eigenvalue weighted by Gasteiger charge is 2.31. The molecule has 1 saturated heterocycles. The molecule has 0 aromatic carbocycles. The lowest BCUT2D eigenvalue weighted by atomic mass is 10.3. The van der Waals surface area contributed by atoms with Gasteiger partial charge in [-0.05, 0) is 0 Å². The van der Waals surface area contributed by atoms with Crippen LogP contribution in [0.4, 0.5) is 0 Å². The van der Waals surface area contributed by atoms with Gasteiger partial charge in [0, 0.05) is 12.8 Å². The number of nitrogens with zero attached hydrogens (tertiary/aromatic N) is 1. The second kappa shape index (κ2) is 3.97. The molecule has 0 bridgehead atoms. The van der Waals surface area contributed by atoms with Crippen molar-refractivity contribution in [2.24, 2.45) is 0 Å². The SMILES string of the molecule is CS(=O)N1CCOCC1C(=O)O. The van der Waals surface area contributed by atoms with Gasteiger partial charge in [0.05, 0.1) is 24.2 Å². The van der Waals surface area contributed by atoms with E-state index in [-0.39, 0.29) is 6.61 Å². The predicted octanol–water partition coefficient (Wildman–Crippen LogP) is -0.935. The molecule has 6 heteroatoms. The molecule has 70 valence electrons. The van der Waals surface area contributed by atoms with E-state index in [2.05, 4.69) is 0 Å². The summed E-state index contributed by atoms with van der Waals surface area (Å²) in [6.45, 7) is 0.984. The van der Waals surface area contributed by atoms with Gasteiger partial charge >= 0.3 is 5.97 Å². The number of hydrogen-bond acceptors (Lipinski definition) is 3. The Morgan fingerprint density at radius 1 is 1.75 bits per heavy atom.